The lowest BCUT2D eigenvalue weighted by Gasteiger charge is -2.20. The van der Waals surface area contributed by atoms with E-state index in [4.69, 9.17) is 16.6 Å². The van der Waals surface area contributed by atoms with Crippen molar-refractivity contribution in [3.05, 3.63) is 57.7 Å². The van der Waals surface area contributed by atoms with Crippen molar-refractivity contribution >= 4 is 33.3 Å². The maximum atomic E-state index is 6.01. The summed E-state index contributed by atoms with van der Waals surface area (Å²) in [6.45, 7) is 2.98. The predicted molar refractivity (Wildman–Crippen MR) is 94.0 cm³/mol. The molecular formula is C17H20BrClN2. The monoisotopic (exact) mass is 366 g/mol. The van der Waals surface area contributed by atoms with Gasteiger partial charge in [-0.1, -0.05) is 47.5 Å². The second kappa shape index (κ2) is 7.81. The van der Waals surface area contributed by atoms with Gasteiger partial charge in [-0.05, 0) is 35.7 Å². The van der Waals surface area contributed by atoms with Crippen LogP contribution in [0.1, 0.15) is 30.2 Å². The van der Waals surface area contributed by atoms with Gasteiger partial charge in [0, 0.05) is 29.6 Å². The molecule has 0 N–H and O–H groups in total. The summed E-state index contributed by atoms with van der Waals surface area (Å²) in [5, 5.41) is 0. The first-order valence-corrected chi connectivity index (χ1v) is 8.47. The fraction of sp³-hybridized carbons (Fsp3) is 0.353. The molecule has 0 radical (unpaired) electrons. The van der Waals surface area contributed by atoms with E-state index in [2.05, 4.69) is 65.1 Å². The highest BCUT2D eigenvalue weighted by molar-refractivity contribution is 9.10. The van der Waals surface area contributed by atoms with Crippen molar-refractivity contribution in [2.24, 2.45) is 0 Å². The van der Waals surface area contributed by atoms with Crippen molar-refractivity contribution < 1.29 is 0 Å². The number of hydrogen-bond donors (Lipinski definition) is 0. The quantitative estimate of drug-likeness (QED) is 0.655. The Morgan fingerprint density at radius 1 is 1.24 bits per heavy atom. The molecule has 0 atom stereocenters. The highest BCUT2D eigenvalue weighted by Crippen LogP contribution is 2.22. The van der Waals surface area contributed by atoms with Crippen LogP contribution in [0.15, 0.2) is 40.9 Å². The van der Waals surface area contributed by atoms with Crippen molar-refractivity contribution in [2.75, 3.05) is 11.9 Å². The van der Waals surface area contributed by atoms with Gasteiger partial charge in [-0.3, -0.25) is 0 Å². The van der Waals surface area contributed by atoms with Crippen LogP contribution in [0.25, 0.3) is 0 Å². The summed E-state index contributed by atoms with van der Waals surface area (Å²) in [5.41, 5.74) is 3.49. The first-order chi connectivity index (χ1) is 10.1. The van der Waals surface area contributed by atoms with E-state index in [0.29, 0.717) is 5.88 Å². The standard InChI is InChI=1S/C17H20BrClN2/c1-3-6-15-9-13(11-19)10-17(20-15)21(2)12-14-7-4-5-8-16(14)18/h4-5,7-10H,3,6,11-12H2,1-2H3. The lowest BCUT2D eigenvalue weighted by Crippen LogP contribution is -2.18. The maximum absolute atomic E-state index is 6.01. The van der Waals surface area contributed by atoms with Gasteiger partial charge in [-0.25, -0.2) is 4.98 Å². The Hall–Kier alpha value is -1.06. The Morgan fingerprint density at radius 2 is 2.00 bits per heavy atom. The zero-order chi connectivity index (χ0) is 15.2. The fourth-order valence-electron chi connectivity index (χ4n) is 2.25. The molecule has 0 saturated carbocycles. The molecule has 21 heavy (non-hydrogen) atoms. The van der Waals surface area contributed by atoms with Crippen LogP contribution in [-0.4, -0.2) is 12.0 Å². The average Bonchev–Trinajstić information content (AvgIpc) is 2.49. The third-order valence-electron chi connectivity index (χ3n) is 3.34. The van der Waals surface area contributed by atoms with E-state index in [0.717, 1.165) is 40.9 Å². The largest absolute Gasteiger partial charge is 0.355 e. The number of alkyl halides is 1. The molecule has 0 saturated heterocycles. The van der Waals surface area contributed by atoms with Crippen LogP contribution in [0.5, 0.6) is 0 Å². The first-order valence-electron chi connectivity index (χ1n) is 7.14. The van der Waals surface area contributed by atoms with Gasteiger partial charge in [0.25, 0.3) is 0 Å². The van der Waals surface area contributed by atoms with Gasteiger partial charge >= 0.3 is 0 Å². The summed E-state index contributed by atoms with van der Waals surface area (Å²) in [4.78, 5) is 6.91. The minimum atomic E-state index is 0.523. The summed E-state index contributed by atoms with van der Waals surface area (Å²) >= 11 is 9.60. The second-order valence-corrected chi connectivity index (χ2v) is 6.28. The molecule has 2 nitrogen and oxygen atoms in total. The van der Waals surface area contributed by atoms with Crippen LogP contribution in [0.3, 0.4) is 0 Å². The molecule has 2 aromatic rings. The van der Waals surface area contributed by atoms with E-state index in [1.807, 2.05) is 6.07 Å². The van der Waals surface area contributed by atoms with Crippen molar-refractivity contribution in [1.29, 1.82) is 0 Å². The van der Waals surface area contributed by atoms with Crippen LogP contribution in [-0.2, 0) is 18.8 Å². The molecule has 0 unspecified atom stereocenters. The van der Waals surface area contributed by atoms with Crippen molar-refractivity contribution in [2.45, 2.75) is 32.2 Å². The molecule has 112 valence electrons. The van der Waals surface area contributed by atoms with E-state index in [1.54, 1.807) is 0 Å². The molecule has 2 rings (SSSR count). The third-order valence-corrected chi connectivity index (χ3v) is 4.42. The molecule has 1 aromatic carbocycles. The van der Waals surface area contributed by atoms with Gasteiger partial charge in [0.2, 0.25) is 0 Å². The number of benzene rings is 1. The van der Waals surface area contributed by atoms with E-state index < -0.39 is 0 Å². The number of aryl methyl sites for hydroxylation is 1. The summed E-state index contributed by atoms with van der Waals surface area (Å²) < 4.78 is 1.12. The van der Waals surface area contributed by atoms with Gasteiger partial charge in [0.05, 0.1) is 0 Å². The van der Waals surface area contributed by atoms with Crippen LogP contribution in [0, 0.1) is 0 Å². The molecule has 0 aliphatic carbocycles. The Bertz CT molecular complexity index is 601. The molecule has 0 fully saturated rings. The molecule has 1 heterocycles. The zero-order valence-electron chi connectivity index (χ0n) is 12.4. The minimum absolute atomic E-state index is 0.523. The molecule has 1 aromatic heterocycles. The summed E-state index contributed by atoms with van der Waals surface area (Å²) in [6.07, 6.45) is 2.08. The first kappa shape index (κ1) is 16.3. The van der Waals surface area contributed by atoms with Gasteiger partial charge in [0.1, 0.15) is 5.82 Å². The van der Waals surface area contributed by atoms with Crippen LogP contribution in [0.2, 0.25) is 0 Å². The zero-order valence-corrected chi connectivity index (χ0v) is 14.8. The molecule has 0 spiro atoms. The third kappa shape index (κ3) is 4.45. The van der Waals surface area contributed by atoms with Gasteiger partial charge in [-0.15, -0.1) is 11.6 Å². The Morgan fingerprint density at radius 3 is 2.67 bits per heavy atom. The van der Waals surface area contributed by atoms with Crippen LogP contribution < -0.4 is 4.90 Å². The van der Waals surface area contributed by atoms with E-state index >= 15 is 0 Å². The Kier molecular flexibility index (Phi) is 6.07. The maximum Gasteiger partial charge on any atom is 0.129 e. The highest BCUT2D eigenvalue weighted by Gasteiger charge is 2.09. The molecule has 0 aliphatic rings. The highest BCUT2D eigenvalue weighted by atomic mass is 79.9. The number of rotatable bonds is 6. The molecule has 4 heteroatoms. The lowest BCUT2D eigenvalue weighted by molar-refractivity contribution is 0.845. The smallest absolute Gasteiger partial charge is 0.129 e. The predicted octanol–water partition coefficient (Wildman–Crippen LogP) is 5.17. The number of aromatic nitrogens is 1. The molecule has 0 bridgehead atoms. The lowest BCUT2D eigenvalue weighted by atomic mass is 10.1. The fourth-order valence-corrected chi connectivity index (χ4v) is 2.82. The van der Waals surface area contributed by atoms with Gasteiger partial charge in [-0.2, -0.15) is 0 Å². The Balaban J connectivity index is 2.23. The summed E-state index contributed by atoms with van der Waals surface area (Å²) in [7, 11) is 2.06. The van der Waals surface area contributed by atoms with Gasteiger partial charge in [0.15, 0.2) is 0 Å². The number of hydrogen-bond acceptors (Lipinski definition) is 2. The van der Waals surface area contributed by atoms with E-state index in [-0.39, 0.29) is 0 Å². The van der Waals surface area contributed by atoms with Crippen LogP contribution in [0.4, 0.5) is 5.82 Å². The minimum Gasteiger partial charge on any atom is -0.355 e. The molecule has 0 aliphatic heterocycles. The number of nitrogens with zero attached hydrogens (tertiary/aromatic N) is 2. The summed E-state index contributed by atoms with van der Waals surface area (Å²) in [5.74, 6) is 1.50. The van der Waals surface area contributed by atoms with Crippen LogP contribution >= 0.6 is 27.5 Å². The SMILES string of the molecule is CCCc1cc(CCl)cc(N(C)Cc2ccccc2Br)n1. The topological polar surface area (TPSA) is 16.1 Å². The molecule has 0 amide bonds. The average molecular weight is 368 g/mol. The number of halogens is 2. The van der Waals surface area contributed by atoms with Crippen molar-refractivity contribution in [1.82, 2.24) is 4.98 Å². The normalized spacial score (nSPS) is 10.7. The van der Waals surface area contributed by atoms with Crippen molar-refractivity contribution in [3.8, 4) is 0 Å². The molecular weight excluding hydrogens is 348 g/mol. The number of anilines is 1. The van der Waals surface area contributed by atoms with E-state index in [9.17, 15) is 0 Å². The summed E-state index contributed by atoms with van der Waals surface area (Å²) in [6, 6.07) is 12.4. The number of pyridine rings is 1. The van der Waals surface area contributed by atoms with Crippen molar-refractivity contribution in [3.63, 3.8) is 0 Å². The van der Waals surface area contributed by atoms with E-state index in [1.165, 1.54) is 5.56 Å². The Labute approximate surface area is 140 Å². The van der Waals surface area contributed by atoms with Gasteiger partial charge < -0.3 is 4.90 Å². The second-order valence-electron chi connectivity index (χ2n) is 5.16.